The Labute approximate surface area is 181 Å². The quantitative estimate of drug-likeness (QED) is 0.421. The minimum Gasteiger partial charge on any atom is -0.308 e. The molecule has 0 atom stereocenters. The average Bonchev–Trinajstić information content (AvgIpc) is 3.15. The minimum atomic E-state index is -0.311. The van der Waals surface area contributed by atoms with E-state index in [4.69, 9.17) is 0 Å². The van der Waals surface area contributed by atoms with E-state index in [0.717, 1.165) is 16.3 Å². The summed E-state index contributed by atoms with van der Waals surface area (Å²) in [5.41, 5.74) is 1.39. The molecule has 150 valence electrons. The summed E-state index contributed by atoms with van der Waals surface area (Å²) in [6.45, 7) is 2.02. The van der Waals surface area contributed by atoms with Crippen molar-refractivity contribution in [2.24, 2.45) is 0 Å². The van der Waals surface area contributed by atoms with Crippen LogP contribution in [0.1, 0.15) is 6.92 Å². The van der Waals surface area contributed by atoms with Crippen molar-refractivity contribution in [1.82, 2.24) is 9.36 Å². The maximum atomic E-state index is 12.1. The zero-order valence-corrected chi connectivity index (χ0v) is 18.0. The van der Waals surface area contributed by atoms with Crippen molar-refractivity contribution >= 4 is 63.5 Å². The van der Waals surface area contributed by atoms with E-state index in [9.17, 15) is 9.59 Å². The highest BCUT2D eigenvalue weighted by atomic mass is 32.2. The molecule has 0 saturated carbocycles. The fraction of sp³-hybridized carbons (Fsp3) is 0.158. The van der Waals surface area contributed by atoms with Crippen LogP contribution in [0.3, 0.4) is 0 Å². The molecule has 1 aromatic heterocycles. The summed E-state index contributed by atoms with van der Waals surface area (Å²) in [6, 6.07) is 16.2. The molecule has 0 bridgehead atoms. The summed E-state index contributed by atoms with van der Waals surface area (Å²) < 4.78 is 4.17. The van der Waals surface area contributed by atoms with Crippen LogP contribution in [-0.2, 0) is 4.79 Å². The molecule has 0 saturated heterocycles. The van der Waals surface area contributed by atoms with Gasteiger partial charge >= 0.3 is 6.03 Å². The number of nitrogens with one attached hydrogen (secondary N) is 3. The number of carbonyl (C=O) groups excluding carboxylic acids is 2. The Kier molecular flexibility index (Phi) is 7.91. The van der Waals surface area contributed by atoms with Crippen LogP contribution in [-0.4, -0.2) is 32.8 Å². The van der Waals surface area contributed by atoms with Gasteiger partial charge in [0.1, 0.15) is 0 Å². The van der Waals surface area contributed by atoms with Crippen LogP contribution < -0.4 is 16.0 Å². The highest BCUT2D eigenvalue weighted by molar-refractivity contribution is 8.00. The monoisotopic (exact) mass is 445 g/mol. The van der Waals surface area contributed by atoms with Crippen molar-refractivity contribution in [3.63, 3.8) is 0 Å². The molecular weight excluding hydrogens is 426 g/mol. The fourth-order valence-corrected chi connectivity index (χ4v) is 4.19. The second kappa shape index (κ2) is 10.8. The van der Waals surface area contributed by atoms with Gasteiger partial charge in [-0.15, -0.1) is 11.8 Å². The maximum absolute atomic E-state index is 12.1. The Morgan fingerprint density at radius 1 is 0.931 bits per heavy atom. The van der Waals surface area contributed by atoms with Gasteiger partial charge in [0.25, 0.3) is 0 Å². The number of carbonyl (C=O) groups is 2. The molecule has 29 heavy (non-hydrogen) atoms. The van der Waals surface area contributed by atoms with Crippen molar-refractivity contribution in [3.8, 4) is 0 Å². The number of benzene rings is 2. The van der Waals surface area contributed by atoms with E-state index in [2.05, 4.69) is 25.3 Å². The largest absolute Gasteiger partial charge is 0.323 e. The number of rotatable bonds is 8. The predicted molar refractivity (Wildman–Crippen MR) is 121 cm³/mol. The van der Waals surface area contributed by atoms with E-state index in [1.165, 1.54) is 35.1 Å². The van der Waals surface area contributed by atoms with Crippen LogP contribution in [0.4, 0.5) is 21.3 Å². The van der Waals surface area contributed by atoms with Crippen molar-refractivity contribution in [1.29, 1.82) is 0 Å². The van der Waals surface area contributed by atoms with Gasteiger partial charge in [-0.3, -0.25) is 10.1 Å². The van der Waals surface area contributed by atoms with Crippen LogP contribution in [0.25, 0.3) is 0 Å². The first-order chi connectivity index (χ1) is 14.1. The Morgan fingerprint density at radius 3 is 2.31 bits per heavy atom. The summed E-state index contributed by atoms with van der Waals surface area (Å²) in [4.78, 5) is 29.3. The zero-order valence-electron chi connectivity index (χ0n) is 15.5. The molecule has 3 aromatic rings. The van der Waals surface area contributed by atoms with Gasteiger partial charge in [-0.25, -0.2) is 4.79 Å². The SMILES string of the molecule is CCSc1nsc(NC(=O)CSc2ccc(NC(=O)Nc3ccccc3)cc2)n1. The molecule has 1 heterocycles. The molecule has 0 fully saturated rings. The lowest BCUT2D eigenvalue weighted by molar-refractivity contribution is -0.113. The van der Waals surface area contributed by atoms with Crippen LogP contribution in [0, 0.1) is 0 Å². The highest BCUT2D eigenvalue weighted by Gasteiger charge is 2.09. The minimum absolute atomic E-state index is 0.136. The second-order valence-corrected chi connectivity index (χ2v) is 8.65. The first kappa shape index (κ1) is 21.2. The third-order valence-electron chi connectivity index (χ3n) is 3.44. The number of anilines is 3. The van der Waals surface area contributed by atoms with Crippen LogP contribution in [0.5, 0.6) is 0 Å². The molecule has 10 heteroatoms. The van der Waals surface area contributed by atoms with Gasteiger partial charge in [-0.05, 0) is 42.2 Å². The number of aromatic nitrogens is 2. The van der Waals surface area contributed by atoms with Gasteiger partial charge in [0.15, 0.2) is 0 Å². The van der Waals surface area contributed by atoms with Crippen molar-refractivity contribution < 1.29 is 9.59 Å². The van der Waals surface area contributed by atoms with E-state index in [1.807, 2.05) is 49.4 Å². The lowest BCUT2D eigenvalue weighted by Gasteiger charge is -2.08. The summed E-state index contributed by atoms with van der Waals surface area (Å²) in [6.07, 6.45) is 0. The van der Waals surface area contributed by atoms with Gasteiger partial charge in [0.05, 0.1) is 5.75 Å². The van der Waals surface area contributed by atoms with Crippen molar-refractivity contribution in [3.05, 3.63) is 54.6 Å². The van der Waals surface area contributed by atoms with Crippen LogP contribution >= 0.6 is 35.1 Å². The molecule has 3 N–H and O–H groups in total. The number of amides is 3. The molecule has 2 aromatic carbocycles. The Morgan fingerprint density at radius 2 is 1.62 bits per heavy atom. The van der Waals surface area contributed by atoms with Crippen LogP contribution in [0.2, 0.25) is 0 Å². The number of hydrogen-bond acceptors (Lipinski definition) is 7. The van der Waals surface area contributed by atoms with Crippen molar-refractivity contribution in [2.45, 2.75) is 17.0 Å². The molecule has 0 aliphatic carbocycles. The van der Waals surface area contributed by atoms with Gasteiger partial charge in [-0.2, -0.15) is 9.36 Å². The molecule has 3 rings (SSSR count). The topological polar surface area (TPSA) is 96.0 Å². The molecule has 0 radical (unpaired) electrons. The average molecular weight is 446 g/mol. The fourth-order valence-electron chi connectivity index (χ4n) is 2.20. The maximum Gasteiger partial charge on any atom is 0.323 e. The number of urea groups is 1. The second-order valence-electron chi connectivity index (χ2n) is 5.62. The van der Waals surface area contributed by atoms with Gasteiger partial charge in [0.2, 0.25) is 16.2 Å². The number of hydrogen-bond donors (Lipinski definition) is 3. The van der Waals surface area contributed by atoms with Crippen LogP contribution in [0.15, 0.2) is 64.6 Å². The molecule has 0 unspecified atom stereocenters. The van der Waals surface area contributed by atoms with E-state index in [-0.39, 0.29) is 17.7 Å². The first-order valence-electron chi connectivity index (χ1n) is 8.74. The van der Waals surface area contributed by atoms with E-state index in [1.54, 1.807) is 12.1 Å². The summed E-state index contributed by atoms with van der Waals surface area (Å²) in [5.74, 6) is 1.01. The van der Waals surface area contributed by atoms with Gasteiger partial charge in [0, 0.05) is 27.8 Å². The third kappa shape index (κ3) is 7.08. The van der Waals surface area contributed by atoms with E-state index >= 15 is 0 Å². The molecule has 0 spiro atoms. The molecule has 7 nitrogen and oxygen atoms in total. The lowest BCUT2D eigenvalue weighted by Crippen LogP contribution is -2.19. The Bertz CT molecular complexity index is 948. The molecule has 3 amide bonds. The highest BCUT2D eigenvalue weighted by Crippen LogP contribution is 2.22. The number of para-hydroxylation sites is 1. The summed E-state index contributed by atoms with van der Waals surface area (Å²) in [7, 11) is 0. The van der Waals surface area contributed by atoms with Crippen molar-refractivity contribution in [2.75, 3.05) is 27.5 Å². The normalized spacial score (nSPS) is 10.4. The lowest BCUT2D eigenvalue weighted by atomic mass is 10.3. The van der Waals surface area contributed by atoms with E-state index < -0.39 is 0 Å². The molecule has 0 aliphatic rings. The molecule has 0 aliphatic heterocycles. The molecular formula is C19H19N5O2S3. The van der Waals surface area contributed by atoms with Gasteiger partial charge in [-0.1, -0.05) is 36.9 Å². The summed E-state index contributed by atoms with van der Waals surface area (Å²) in [5, 5.41) is 9.48. The van der Waals surface area contributed by atoms with E-state index in [0.29, 0.717) is 16.0 Å². The smallest absolute Gasteiger partial charge is 0.308 e. The third-order valence-corrected chi connectivity index (χ3v) is 5.93. The Hall–Kier alpha value is -2.56. The Balaban J connectivity index is 1.43. The number of nitrogens with zero attached hydrogens (tertiary/aromatic N) is 2. The number of thioether (sulfide) groups is 2. The standard InChI is InChI=1S/C19H19N5O2S3/c1-2-27-19-23-18(29-24-19)22-16(25)12-28-15-10-8-14(9-11-15)21-17(26)20-13-6-4-3-5-7-13/h3-11H,2,12H2,1H3,(H2,20,21,26)(H,22,23,24,25). The predicted octanol–water partition coefficient (Wildman–Crippen LogP) is 5.02. The zero-order chi connectivity index (χ0) is 20.5. The van der Waals surface area contributed by atoms with Gasteiger partial charge < -0.3 is 10.6 Å². The summed E-state index contributed by atoms with van der Waals surface area (Å²) >= 11 is 4.12. The first-order valence-corrected chi connectivity index (χ1v) is 11.5.